The molecule has 2 rings (SSSR count). The number of halogens is 1. The summed E-state index contributed by atoms with van der Waals surface area (Å²) >= 11 is 0. The molecule has 0 aliphatic heterocycles. The third-order valence-electron chi connectivity index (χ3n) is 4.10. The zero-order valence-electron chi connectivity index (χ0n) is 15.4. The normalized spacial score (nSPS) is 13.0. The average molecular weight is 396 g/mol. The van der Waals surface area contributed by atoms with E-state index in [4.69, 9.17) is 5.11 Å². The van der Waals surface area contributed by atoms with Crippen molar-refractivity contribution >= 4 is 15.7 Å². The van der Waals surface area contributed by atoms with E-state index in [9.17, 15) is 17.9 Å². The number of aryl methyl sites for hydroxylation is 1. The maximum absolute atomic E-state index is 13.3. The SMILES string of the molecule is Cc1ccc(S(=O)(=O)N(C[C@H](O)CN(C)CCO)c2ccc(F)cc2)cc1. The van der Waals surface area contributed by atoms with Gasteiger partial charge in [-0.05, 0) is 50.4 Å². The Balaban J connectivity index is 2.34. The number of sulfonamides is 1. The van der Waals surface area contributed by atoms with E-state index in [1.165, 1.54) is 36.4 Å². The molecule has 0 bridgehead atoms. The van der Waals surface area contributed by atoms with E-state index in [-0.39, 0.29) is 30.3 Å². The highest BCUT2D eigenvalue weighted by molar-refractivity contribution is 7.92. The lowest BCUT2D eigenvalue weighted by molar-refractivity contribution is 0.121. The van der Waals surface area contributed by atoms with Crippen LogP contribution >= 0.6 is 0 Å². The van der Waals surface area contributed by atoms with E-state index in [0.717, 1.165) is 9.87 Å². The van der Waals surface area contributed by atoms with Crippen LogP contribution in [-0.4, -0.2) is 62.9 Å². The highest BCUT2D eigenvalue weighted by atomic mass is 32.2. The molecule has 0 saturated heterocycles. The molecule has 1 atom stereocenters. The first kappa shape index (κ1) is 21.3. The van der Waals surface area contributed by atoms with Gasteiger partial charge in [-0.1, -0.05) is 17.7 Å². The largest absolute Gasteiger partial charge is 0.395 e. The average Bonchev–Trinajstić information content (AvgIpc) is 2.61. The molecule has 2 N–H and O–H groups in total. The summed E-state index contributed by atoms with van der Waals surface area (Å²) in [6.45, 7) is 2.14. The molecule has 27 heavy (non-hydrogen) atoms. The summed E-state index contributed by atoms with van der Waals surface area (Å²) in [5, 5.41) is 19.4. The summed E-state index contributed by atoms with van der Waals surface area (Å²) < 4.78 is 40.7. The molecule has 0 aliphatic carbocycles. The molecule has 8 heteroatoms. The van der Waals surface area contributed by atoms with E-state index in [2.05, 4.69) is 0 Å². The van der Waals surface area contributed by atoms with Gasteiger partial charge in [-0.2, -0.15) is 0 Å². The molecule has 148 valence electrons. The van der Waals surface area contributed by atoms with E-state index in [0.29, 0.717) is 6.54 Å². The Bertz CT molecular complexity index is 826. The van der Waals surface area contributed by atoms with Crippen molar-refractivity contribution in [1.29, 1.82) is 0 Å². The van der Waals surface area contributed by atoms with Crippen LogP contribution in [0.15, 0.2) is 53.4 Å². The molecule has 0 heterocycles. The molecule has 2 aromatic rings. The molecule has 6 nitrogen and oxygen atoms in total. The van der Waals surface area contributed by atoms with Crippen LogP contribution in [0.5, 0.6) is 0 Å². The second-order valence-electron chi connectivity index (χ2n) is 6.47. The van der Waals surface area contributed by atoms with E-state index in [1.54, 1.807) is 24.1 Å². The monoisotopic (exact) mass is 396 g/mol. The van der Waals surface area contributed by atoms with Crippen molar-refractivity contribution in [3.63, 3.8) is 0 Å². The first-order valence-electron chi connectivity index (χ1n) is 8.56. The summed E-state index contributed by atoms with van der Waals surface area (Å²) in [5.41, 5.74) is 1.19. The molecular formula is C19H25FN2O4S. The second kappa shape index (κ2) is 9.27. The molecule has 0 amide bonds. The lowest BCUT2D eigenvalue weighted by Gasteiger charge is -2.28. The minimum absolute atomic E-state index is 0.0629. The quantitative estimate of drug-likeness (QED) is 0.673. The van der Waals surface area contributed by atoms with Crippen LogP contribution in [0.1, 0.15) is 5.56 Å². The third-order valence-corrected chi connectivity index (χ3v) is 5.91. The molecule has 0 unspecified atom stereocenters. The van der Waals surface area contributed by atoms with Gasteiger partial charge in [0, 0.05) is 13.1 Å². The van der Waals surface area contributed by atoms with Crippen molar-refractivity contribution < 1.29 is 23.0 Å². The smallest absolute Gasteiger partial charge is 0.264 e. The van der Waals surface area contributed by atoms with Gasteiger partial charge in [-0.15, -0.1) is 0 Å². The van der Waals surface area contributed by atoms with Crippen molar-refractivity contribution in [2.24, 2.45) is 0 Å². The van der Waals surface area contributed by atoms with Gasteiger partial charge in [-0.3, -0.25) is 4.31 Å². The Hall–Kier alpha value is -2.00. The summed E-state index contributed by atoms with van der Waals surface area (Å²) in [5.74, 6) is -0.477. The first-order chi connectivity index (χ1) is 12.7. The van der Waals surface area contributed by atoms with Crippen LogP contribution in [0.3, 0.4) is 0 Å². The topological polar surface area (TPSA) is 81.1 Å². The van der Waals surface area contributed by atoms with Crippen molar-refractivity contribution in [1.82, 2.24) is 4.90 Å². The van der Waals surface area contributed by atoms with Gasteiger partial charge in [-0.25, -0.2) is 12.8 Å². The van der Waals surface area contributed by atoms with Crippen LogP contribution in [0.2, 0.25) is 0 Å². The second-order valence-corrected chi connectivity index (χ2v) is 8.33. The maximum atomic E-state index is 13.3. The molecule has 2 aromatic carbocycles. The molecule has 0 radical (unpaired) electrons. The fraction of sp³-hybridized carbons (Fsp3) is 0.368. The minimum Gasteiger partial charge on any atom is -0.395 e. The Morgan fingerprint density at radius 2 is 1.63 bits per heavy atom. The number of benzene rings is 2. The van der Waals surface area contributed by atoms with E-state index < -0.39 is 21.9 Å². The van der Waals surface area contributed by atoms with Crippen molar-refractivity contribution in [3.05, 3.63) is 59.9 Å². The van der Waals surface area contributed by atoms with Gasteiger partial charge in [0.1, 0.15) is 5.82 Å². The predicted octanol–water partition coefficient (Wildman–Crippen LogP) is 1.61. The van der Waals surface area contributed by atoms with Crippen molar-refractivity contribution in [2.75, 3.05) is 37.6 Å². The molecule has 0 fully saturated rings. The minimum atomic E-state index is -3.94. The number of nitrogens with zero attached hydrogens (tertiary/aromatic N) is 2. The number of anilines is 1. The van der Waals surface area contributed by atoms with Crippen LogP contribution < -0.4 is 4.31 Å². The van der Waals surface area contributed by atoms with E-state index in [1.807, 2.05) is 6.92 Å². The number of hydrogen-bond acceptors (Lipinski definition) is 5. The number of aliphatic hydroxyl groups is 2. The van der Waals surface area contributed by atoms with Crippen LogP contribution in [0, 0.1) is 12.7 Å². The molecular weight excluding hydrogens is 371 g/mol. The standard InChI is InChI=1S/C19H25FN2O4S/c1-15-3-9-19(10-4-15)27(25,26)22(17-7-5-16(20)6-8-17)14-18(24)13-21(2)11-12-23/h3-10,18,23-24H,11-14H2,1-2H3/t18-/m1/s1. The molecule has 0 aliphatic rings. The van der Waals surface area contributed by atoms with Crippen LogP contribution in [0.4, 0.5) is 10.1 Å². The summed E-state index contributed by atoms with van der Waals surface area (Å²) in [4.78, 5) is 1.79. The highest BCUT2D eigenvalue weighted by Crippen LogP contribution is 2.24. The van der Waals surface area contributed by atoms with Crippen LogP contribution in [-0.2, 0) is 10.0 Å². The lowest BCUT2D eigenvalue weighted by atomic mass is 10.2. The van der Waals surface area contributed by atoms with Gasteiger partial charge in [0.05, 0.1) is 29.8 Å². The number of rotatable bonds is 9. The van der Waals surface area contributed by atoms with Crippen molar-refractivity contribution in [2.45, 2.75) is 17.9 Å². The maximum Gasteiger partial charge on any atom is 0.264 e. The lowest BCUT2D eigenvalue weighted by Crippen LogP contribution is -2.42. The van der Waals surface area contributed by atoms with Gasteiger partial charge in [0.15, 0.2) is 0 Å². The zero-order valence-corrected chi connectivity index (χ0v) is 16.2. The fourth-order valence-corrected chi connectivity index (χ4v) is 4.16. The Morgan fingerprint density at radius 1 is 1.04 bits per heavy atom. The summed E-state index contributed by atoms with van der Waals surface area (Å²) in [6, 6.07) is 11.5. The summed E-state index contributed by atoms with van der Waals surface area (Å²) in [6.07, 6.45) is -0.994. The number of aliphatic hydroxyl groups excluding tert-OH is 2. The third kappa shape index (κ3) is 5.74. The fourth-order valence-electron chi connectivity index (χ4n) is 2.66. The van der Waals surface area contributed by atoms with Gasteiger partial charge < -0.3 is 15.1 Å². The molecule has 0 saturated carbocycles. The zero-order chi connectivity index (χ0) is 20.0. The molecule has 0 aromatic heterocycles. The van der Waals surface area contributed by atoms with Crippen molar-refractivity contribution in [3.8, 4) is 0 Å². The summed E-state index contributed by atoms with van der Waals surface area (Å²) in [7, 11) is -2.23. The van der Waals surface area contributed by atoms with Gasteiger partial charge >= 0.3 is 0 Å². The molecule has 0 spiro atoms. The predicted molar refractivity (Wildman–Crippen MR) is 103 cm³/mol. The Kier molecular flexibility index (Phi) is 7.32. The first-order valence-corrected chi connectivity index (χ1v) is 10.0. The number of hydrogen-bond donors (Lipinski definition) is 2. The van der Waals surface area contributed by atoms with Gasteiger partial charge in [0.25, 0.3) is 10.0 Å². The van der Waals surface area contributed by atoms with Crippen LogP contribution in [0.25, 0.3) is 0 Å². The van der Waals surface area contributed by atoms with Gasteiger partial charge in [0.2, 0.25) is 0 Å². The van der Waals surface area contributed by atoms with E-state index >= 15 is 0 Å². The Labute approximate surface area is 159 Å². The highest BCUT2D eigenvalue weighted by Gasteiger charge is 2.27. The Morgan fingerprint density at radius 3 is 2.19 bits per heavy atom. The number of likely N-dealkylation sites (N-methyl/N-ethyl adjacent to an activating group) is 1.